The van der Waals surface area contributed by atoms with E-state index < -0.39 is 29.3 Å². The fraction of sp³-hybridized carbons (Fsp3) is 0.833. The molecule has 6 nitrogen and oxygen atoms in total. The Balaban J connectivity index is 2.10. The average Bonchev–Trinajstić information content (AvgIpc) is 2.54. The SMILES string of the molecule is CC(C)(C)OC(=O)N1CC2(CCO2)C[C@H]1C(=O)O. The third-order valence-corrected chi connectivity index (χ3v) is 3.28. The Morgan fingerprint density at radius 2 is 2.06 bits per heavy atom. The van der Waals surface area contributed by atoms with Crippen molar-refractivity contribution in [3.63, 3.8) is 0 Å². The minimum atomic E-state index is -1.01. The molecule has 0 aliphatic carbocycles. The van der Waals surface area contributed by atoms with Gasteiger partial charge in [-0.1, -0.05) is 0 Å². The third-order valence-electron chi connectivity index (χ3n) is 3.28. The molecular formula is C12H19NO5. The van der Waals surface area contributed by atoms with Gasteiger partial charge in [0.2, 0.25) is 0 Å². The number of hydrogen-bond donors (Lipinski definition) is 1. The Labute approximate surface area is 106 Å². The summed E-state index contributed by atoms with van der Waals surface area (Å²) in [5.74, 6) is -1.01. The Morgan fingerprint density at radius 3 is 2.44 bits per heavy atom. The van der Waals surface area contributed by atoms with E-state index >= 15 is 0 Å². The number of carboxylic acids is 1. The van der Waals surface area contributed by atoms with E-state index in [-0.39, 0.29) is 0 Å². The van der Waals surface area contributed by atoms with E-state index in [1.54, 1.807) is 20.8 Å². The molecule has 2 saturated heterocycles. The lowest BCUT2D eigenvalue weighted by molar-refractivity contribution is -0.145. The van der Waals surface area contributed by atoms with Gasteiger partial charge in [0.05, 0.1) is 18.8 Å². The molecule has 2 aliphatic heterocycles. The van der Waals surface area contributed by atoms with Crippen molar-refractivity contribution < 1.29 is 24.2 Å². The molecule has 2 rings (SSSR count). The molecule has 2 fully saturated rings. The van der Waals surface area contributed by atoms with Crippen LogP contribution in [-0.4, -0.2) is 52.5 Å². The average molecular weight is 257 g/mol. The van der Waals surface area contributed by atoms with Gasteiger partial charge in [-0.2, -0.15) is 0 Å². The van der Waals surface area contributed by atoms with E-state index in [2.05, 4.69) is 0 Å². The number of aliphatic carboxylic acids is 1. The zero-order valence-corrected chi connectivity index (χ0v) is 10.9. The van der Waals surface area contributed by atoms with E-state index in [0.29, 0.717) is 19.6 Å². The lowest BCUT2D eigenvalue weighted by Crippen LogP contribution is -2.47. The van der Waals surface area contributed by atoms with Crippen LogP contribution in [0, 0.1) is 0 Å². The first kappa shape index (κ1) is 13.1. The second-order valence-corrected chi connectivity index (χ2v) is 5.95. The van der Waals surface area contributed by atoms with Crippen molar-refractivity contribution in [1.29, 1.82) is 0 Å². The number of carbonyl (C=O) groups is 2. The summed E-state index contributed by atoms with van der Waals surface area (Å²) in [4.78, 5) is 24.5. The van der Waals surface area contributed by atoms with Crippen molar-refractivity contribution in [1.82, 2.24) is 4.90 Å². The minimum Gasteiger partial charge on any atom is -0.480 e. The van der Waals surface area contributed by atoms with Gasteiger partial charge in [0.25, 0.3) is 0 Å². The smallest absolute Gasteiger partial charge is 0.411 e. The number of hydrogen-bond acceptors (Lipinski definition) is 4. The van der Waals surface area contributed by atoms with E-state index in [9.17, 15) is 14.7 Å². The fourth-order valence-corrected chi connectivity index (χ4v) is 2.36. The minimum absolute atomic E-state index is 0.304. The van der Waals surface area contributed by atoms with Crippen molar-refractivity contribution in [3.8, 4) is 0 Å². The van der Waals surface area contributed by atoms with Crippen LogP contribution in [0.15, 0.2) is 0 Å². The molecule has 2 aliphatic rings. The quantitative estimate of drug-likeness (QED) is 0.764. The van der Waals surface area contributed by atoms with Crippen LogP contribution in [0.1, 0.15) is 33.6 Å². The summed E-state index contributed by atoms with van der Waals surface area (Å²) < 4.78 is 10.7. The molecule has 1 spiro atoms. The second-order valence-electron chi connectivity index (χ2n) is 5.95. The zero-order valence-electron chi connectivity index (χ0n) is 10.9. The number of rotatable bonds is 1. The highest BCUT2D eigenvalue weighted by Crippen LogP contribution is 2.39. The molecule has 2 atom stereocenters. The molecule has 1 unspecified atom stereocenters. The third kappa shape index (κ3) is 2.43. The van der Waals surface area contributed by atoms with Gasteiger partial charge in [-0.3, -0.25) is 4.90 Å². The maximum Gasteiger partial charge on any atom is 0.411 e. The topological polar surface area (TPSA) is 76.1 Å². The molecule has 0 aromatic carbocycles. The van der Waals surface area contributed by atoms with Crippen LogP contribution in [0.4, 0.5) is 4.79 Å². The molecule has 1 N–H and O–H groups in total. The first-order valence-corrected chi connectivity index (χ1v) is 6.09. The number of ether oxygens (including phenoxy) is 2. The van der Waals surface area contributed by atoms with Crippen molar-refractivity contribution in [2.75, 3.05) is 13.2 Å². The molecule has 2 heterocycles. The number of carboxylic acid groups (broad SMARTS) is 1. The van der Waals surface area contributed by atoms with Gasteiger partial charge in [0.1, 0.15) is 11.6 Å². The van der Waals surface area contributed by atoms with Crippen LogP contribution in [0.2, 0.25) is 0 Å². The first-order valence-electron chi connectivity index (χ1n) is 6.09. The van der Waals surface area contributed by atoms with Gasteiger partial charge in [0, 0.05) is 12.8 Å². The predicted octanol–water partition coefficient (Wildman–Crippen LogP) is 1.24. The van der Waals surface area contributed by atoms with Crippen LogP contribution < -0.4 is 0 Å². The highest BCUT2D eigenvalue weighted by molar-refractivity contribution is 5.81. The number of amides is 1. The zero-order chi connectivity index (χ0) is 13.6. The summed E-state index contributed by atoms with van der Waals surface area (Å²) in [7, 11) is 0. The maximum atomic E-state index is 12.0. The second kappa shape index (κ2) is 4.12. The van der Waals surface area contributed by atoms with Gasteiger partial charge in [-0.05, 0) is 20.8 Å². The molecule has 6 heteroatoms. The summed E-state index contributed by atoms with van der Waals surface area (Å²) in [6.07, 6.45) is 0.569. The number of nitrogens with zero attached hydrogens (tertiary/aromatic N) is 1. The van der Waals surface area contributed by atoms with Gasteiger partial charge >= 0.3 is 12.1 Å². The molecule has 102 valence electrons. The van der Waals surface area contributed by atoms with Crippen LogP contribution >= 0.6 is 0 Å². The van der Waals surface area contributed by atoms with Gasteiger partial charge in [0.15, 0.2) is 0 Å². The fourth-order valence-electron chi connectivity index (χ4n) is 2.36. The monoisotopic (exact) mass is 257 g/mol. The van der Waals surface area contributed by atoms with Crippen molar-refractivity contribution >= 4 is 12.1 Å². The molecule has 1 amide bonds. The molecule has 0 saturated carbocycles. The van der Waals surface area contributed by atoms with Gasteiger partial charge < -0.3 is 14.6 Å². The van der Waals surface area contributed by atoms with E-state index in [0.717, 1.165) is 6.42 Å². The largest absolute Gasteiger partial charge is 0.480 e. The van der Waals surface area contributed by atoms with Crippen LogP contribution in [-0.2, 0) is 14.3 Å². The Bertz CT molecular complexity index is 369. The van der Waals surface area contributed by atoms with Crippen LogP contribution in [0.3, 0.4) is 0 Å². The maximum absolute atomic E-state index is 12.0. The highest BCUT2D eigenvalue weighted by atomic mass is 16.6. The van der Waals surface area contributed by atoms with E-state index in [1.165, 1.54) is 4.90 Å². The lowest BCUT2D eigenvalue weighted by atomic mass is 9.92. The Hall–Kier alpha value is -1.30. The molecule has 0 aromatic rings. The normalized spacial score (nSPS) is 31.3. The number of carbonyl (C=O) groups excluding carboxylic acids is 1. The summed E-state index contributed by atoms with van der Waals surface area (Å²) in [6.45, 7) is 6.21. The molecule has 0 aromatic heterocycles. The summed E-state index contributed by atoms with van der Waals surface area (Å²) in [6, 6.07) is -0.847. The predicted molar refractivity (Wildman–Crippen MR) is 62.3 cm³/mol. The Morgan fingerprint density at radius 1 is 1.44 bits per heavy atom. The molecule has 0 radical (unpaired) electrons. The van der Waals surface area contributed by atoms with E-state index in [1.807, 2.05) is 0 Å². The number of likely N-dealkylation sites (tertiary alicyclic amines) is 1. The van der Waals surface area contributed by atoms with Crippen LogP contribution in [0.5, 0.6) is 0 Å². The molecule has 18 heavy (non-hydrogen) atoms. The van der Waals surface area contributed by atoms with E-state index in [4.69, 9.17) is 9.47 Å². The Kier molecular flexibility index (Phi) is 3.01. The standard InChI is InChI=1S/C12H19NO5/c1-11(2,3)18-10(16)13-7-12(4-5-17-12)6-8(13)9(14)15/h8H,4-7H2,1-3H3,(H,14,15)/t8-,12?/m0/s1. The van der Waals surface area contributed by atoms with Crippen molar-refractivity contribution in [3.05, 3.63) is 0 Å². The lowest BCUT2D eigenvalue weighted by Gasteiger charge is -2.38. The molecule has 0 bridgehead atoms. The molecular weight excluding hydrogens is 238 g/mol. The summed E-state index contributed by atoms with van der Waals surface area (Å²) >= 11 is 0. The van der Waals surface area contributed by atoms with Crippen LogP contribution in [0.25, 0.3) is 0 Å². The van der Waals surface area contributed by atoms with Crippen molar-refractivity contribution in [2.24, 2.45) is 0 Å². The van der Waals surface area contributed by atoms with Crippen molar-refractivity contribution in [2.45, 2.75) is 50.9 Å². The summed E-state index contributed by atoms with van der Waals surface area (Å²) in [5.41, 5.74) is -1.09. The first-order chi connectivity index (χ1) is 8.22. The summed E-state index contributed by atoms with van der Waals surface area (Å²) in [5, 5.41) is 9.18. The highest BCUT2D eigenvalue weighted by Gasteiger charge is 2.54. The van der Waals surface area contributed by atoms with Gasteiger partial charge in [-0.15, -0.1) is 0 Å². The van der Waals surface area contributed by atoms with Gasteiger partial charge in [-0.25, -0.2) is 9.59 Å².